The molecule has 0 bridgehead atoms. The van der Waals surface area contributed by atoms with Crippen molar-refractivity contribution >= 4 is 24.1 Å². The first-order valence-electron chi connectivity index (χ1n) is 11.6. The lowest BCUT2D eigenvalue weighted by atomic mass is 10.1. The van der Waals surface area contributed by atoms with Gasteiger partial charge in [-0.05, 0) is 61.4 Å². The molecule has 3 aromatic carbocycles. The Morgan fingerprint density at radius 1 is 0.868 bits per heavy atom. The molecule has 0 spiro atoms. The molecule has 4 rings (SSSR count). The Balaban J connectivity index is 1.40. The zero-order valence-electron chi connectivity index (χ0n) is 20.7. The Morgan fingerprint density at radius 2 is 1.47 bits per heavy atom. The van der Waals surface area contributed by atoms with E-state index in [0.29, 0.717) is 22.7 Å². The molecule has 3 N–H and O–H groups in total. The second-order valence-corrected chi connectivity index (χ2v) is 8.51. The van der Waals surface area contributed by atoms with Crippen molar-refractivity contribution < 1.29 is 29.3 Å². The molecule has 1 aromatic heterocycles. The Kier molecular flexibility index (Phi) is 7.67. The van der Waals surface area contributed by atoms with E-state index in [9.17, 15) is 24.6 Å². The topological polar surface area (TPSA) is 130 Å². The van der Waals surface area contributed by atoms with E-state index in [1.807, 2.05) is 42.5 Å². The van der Waals surface area contributed by atoms with Gasteiger partial charge in [-0.25, -0.2) is 15.0 Å². The van der Waals surface area contributed by atoms with Crippen molar-refractivity contribution in [3.63, 3.8) is 0 Å². The summed E-state index contributed by atoms with van der Waals surface area (Å²) >= 11 is 0. The van der Waals surface area contributed by atoms with Gasteiger partial charge < -0.3 is 19.5 Å². The van der Waals surface area contributed by atoms with Crippen LogP contribution in [-0.2, 0) is 4.79 Å². The van der Waals surface area contributed by atoms with Gasteiger partial charge in [-0.3, -0.25) is 4.79 Å². The van der Waals surface area contributed by atoms with Crippen molar-refractivity contribution in [2.45, 2.75) is 13.8 Å². The van der Waals surface area contributed by atoms with E-state index in [-0.39, 0.29) is 17.7 Å². The molecule has 0 radical (unpaired) electrons. The molecule has 0 saturated heterocycles. The van der Waals surface area contributed by atoms with Crippen molar-refractivity contribution in [3.05, 3.63) is 107 Å². The number of carboxylic acids is 2. The van der Waals surface area contributed by atoms with Crippen molar-refractivity contribution in [3.8, 4) is 22.6 Å². The summed E-state index contributed by atoms with van der Waals surface area (Å²) in [7, 11) is 0. The van der Waals surface area contributed by atoms with Gasteiger partial charge in [-0.15, -0.1) is 0 Å². The summed E-state index contributed by atoms with van der Waals surface area (Å²) in [5, 5.41) is 22.8. The second kappa shape index (κ2) is 11.3. The molecule has 0 aliphatic rings. The van der Waals surface area contributed by atoms with Crippen LogP contribution in [0.15, 0.2) is 84.0 Å². The van der Waals surface area contributed by atoms with E-state index in [0.717, 1.165) is 22.9 Å². The van der Waals surface area contributed by atoms with Crippen LogP contribution in [0.25, 0.3) is 16.8 Å². The third-order valence-corrected chi connectivity index (χ3v) is 5.86. The van der Waals surface area contributed by atoms with Crippen LogP contribution in [0.2, 0.25) is 0 Å². The number of nitrogens with one attached hydrogen (secondary N) is 1. The molecular formula is C29H25N3O6. The first-order valence-corrected chi connectivity index (χ1v) is 11.6. The molecule has 0 aliphatic heterocycles. The summed E-state index contributed by atoms with van der Waals surface area (Å²) in [4.78, 5) is 35.2. The molecule has 0 saturated carbocycles. The lowest BCUT2D eigenvalue weighted by Gasteiger charge is -2.12. The predicted octanol–water partition coefficient (Wildman–Crippen LogP) is 4.69. The number of amides is 1. The van der Waals surface area contributed by atoms with Crippen molar-refractivity contribution in [2.24, 2.45) is 5.10 Å². The van der Waals surface area contributed by atoms with Crippen LogP contribution in [0.5, 0.6) is 5.75 Å². The van der Waals surface area contributed by atoms with Crippen LogP contribution in [0.1, 0.15) is 37.7 Å². The number of aryl methyl sites for hydroxylation is 1. The van der Waals surface area contributed by atoms with Gasteiger partial charge in [0, 0.05) is 22.6 Å². The lowest BCUT2D eigenvalue weighted by molar-refractivity contribution is -0.123. The number of ether oxygens (including phenoxy) is 1. The van der Waals surface area contributed by atoms with Crippen molar-refractivity contribution in [1.82, 2.24) is 9.99 Å². The molecule has 38 heavy (non-hydrogen) atoms. The highest BCUT2D eigenvalue weighted by Crippen LogP contribution is 2.23. The molecular weight excluding hydrogens is 486 g/mol. The fourth-order valence-corrected chi connectivity index (χ4v) is 4.03. The molecule has 0 aliphatic carbocycles. The van der Waals surface area contributed by atoms with Gasteiger partial charge >= 0.3 is 11.9 Å². The minimum absolute atomic E-state index is 0.135. The molecule has 192 valence electrons. The molecule has 0 atom stereocenters. The van der Waals surface area contributed by atoms with Crippen LogP contribution < -0.4 is 10.2 Å². The highest BCUT2D eigenvalue weighted by atomic mass is 16.5. The fourth-order valence-electron chi connectivity index (χ4n) is 4.03. The summed E-state index contributed by atoms with van der Waals surface area (Å²) < 4.78 is 7.27. The van der Waals surface area contributed by atoms with Gasteiger partial charge in [-0.1, -0.05) is 42.5 Å². The van der Waals surface area contributed by atoms with E-state index in [4.69, 9.17) is 4.74 Å². The Bertz CT molecular complexity index is 1490. The van der Waals surface area contributed by atoms with Gasteiger partial charge in [0.25, 0.3) is 5.91 Å². The quantitative estimate of drug-likeness (QED) is 0.221. The monoisotopic (exact) mass is 511 g/mol. The highest BCUT2D eigenvalue weighted by molar-refractivity contribution is 5.95. The van der Waals surface area contributed by atoms with E-state index in [1.54, 1.807) is 36.6 Å². The van der Waals surface area contributed by atoms with E-state index in [1.165, 1.54) is 18.3 Å². The van der Waals surface area contributed by atoms with Crippen LogP contribution in [0.4, 0.5) is 0 Å². The largest absolute Gasteiger partial charge is 0.484 e. The van der Waals surface area contributed by atoms with Crippen LogP contribution >= 0.6 is 0 Å². The maximum absolute atomic E-state index is 12.2. The normalized spacial score (nSPS) is 10.9. The number of hydrazone groups is 1. The molecule has 4 aromatic rings. The van der Waals surface area contributed by atoms with Gasteiger partial charge in [0.1, 0.15) is 5.75 Å². The fraction of sp³-hybridized carbons (Fsp3) is 0.103. The summed E-state index contributed by atoms with van der Waals surface area (Å²) in [5.41, 5.74) is 6.76. The van der Waals surface area contributed by atoms with E-state index >= 15 is 0 Å². The van der Waals surface area contributed by atoms with E-state index < -0.39 is 17.8 Å². The number of aromatic carboxylic acids is 2. The zero-order valence-corrected chi connectivity index (χ0v) is 20.7. The number of aromatic nitrogens is 1. The average Bonchev–Trinajstić information content (AvgIpc) is 3.20. The predicted molar refractivity (Wildman–Crippen MR) is 142 cm³/mol. The molecule has 1 amide bonds. The summed E-state index contributed by atoms with van der Waals surface area (Å²) in [6.07, 6.45) is 1.46. The Morgan fingerprint density at radius 3 is 2.08 bits per heavy atom. The van der Waals surface area contributed by atoms with Gasteiger partial charge in [0.2, 0.25) is 0 Å². The summed E-state index contributed by atoms with van der Waals surface area (Å²) in [6, 6.07) is 23.1. The van der Waals surface area contributed by atoms with Gasteiger partial charge in [0.05, 0.1) is 17.3 Å². The number of carbonyl (C=O) groups is 3. The minimum atomic E-state index is -1.23. The summed E-state index contributed by atoms with van der Waals surface area (Å²) in [5.74, 6) is -2.34. The van der Waals surface area contributed by atoms with Crippen LogP contribution in [0.3, 0.4) is 0 Å². The number of carboxylic acid groups (broad SMARTS) is 2. The van der Waals surface area contributed by atoms with E-state index in [2.05, 4.69) is 10.5 Å². The minimum Gasteiger partial charge on any atom is -0.484 e. The van der Waals surface area contributed by atoms with Crippen LogP contribution in [0, 0.1) is 13.8 Å². The SMILES string of the molecule is Cc1cc(/C=N/NC(=O)COc2ccc(-c3ccccc3)cc2)c(C)n1-c1cc(C(=O)O)cc(C(=O)O)c1. The molecule has 0 fully saturated rings. The Hall–Kier alpha value is -5.18. The average molecular weight is 512 g/mol. The summed E-state index contributed by atoms with van der Waals surface area (Å²) in [6.45, 7) is 3.36. The number of hydrogen-bond donors (Lipinski definition) is 3. The Labute approximate surface area is 218 Å². The molecule has 9 heteroatoms. The first-order chi connectivity index (χ1) is 18.2. The number of rotatable bonds is 9. The third kappa shape index (κ3) is 5.96. The van der Waals surface area contributed by atoms with Crippen LogP contribution in [-0.4, -0.2) is 45.4 Å². The maximum Gasteiger partial charge on any atom is 0.335 e. The number of hydrogen-bond acceptors (Lipinski definition) is 5. The smallest absolute Gasteiger partial charge is 0.335 e. The second-order valence-electron chi connectivity index (χ2n) is 8.51. The number of nitrogens with zero attached hydrogens (tertiary/aromatic N) is 2. The van der Waals surface area contributed by atoms with Crippen molar-refractivity contribution in [2.75, 3.05) is 6.61 Å². The zero-order chi connectivity index (χ0) is 27.2. The maximum atomic E-state index is 12.2. The lowest BCUT2D eigenvalue weighted by Crippen LogP contribution is -2.24. The molecule has 0 unspecified atom stereocenters. The molecule has 1 heterocycles. The van der Waals surface area contributed by atoms with Gasteiger partial charge in [-0.2, -0.15) is 5.10 Å². The first kappa shape index (κ1) is 25.9. The molecule has 9 nitrogen and oxygen atoms in total. The standard InChI is InChI=1S/C29H25N3O6/c1-18-12-24(19(2)32(18)25-14-22(28(34)35)13-23(15-25)29(36)37)16-30-31-27(33)17-38-26-10-8-21(9-11-26)20-6-4-3-5-7-20/h3-16H,17H2,1-2H3,(H,31,33)(H,34,35)(H,36,37)/b30-16+. The number of benzene rings is 3. The van der Waals surface area contributed by atoms with Crippen molar-refractivity contribution in [1.29, 1.82) is 0 Å². The highest BCUT2D eigenvalue weighted by Gasteiger charge is 2.16. The number of carbonyl (C=O) groups excluding carboxylic acids is 1. The van der Waals surface area contributed by atoms with Gasteiger partial charge in [0.15, 0.2) is 6.61 Å². The third-order valence-electron chi connectivity index (χ3n) is 5.86.